The highest BCUT2D eigenvalue weighted by molar-refractivity contribution is 6.78. The summed E-state index contributed by atoms with van der Waals surface area (Å²) in [7, 11) is 2.44. The van der Waals surface area contributed by atoms with Crippen molar-refractivity contribution in [1.82, 2.24) is 4.90 Å². The van der Waals surface area contributed by atoms with Crippen LogP contribution in [0.1, 0.15) is 0 Å². The summed E-state index contributed by atoms with van der Waals surface area (Å²) in [5.74, 6) is 0.263. The zero-order valence-electron chi connectivity index (χ0n) is 7.56. The Kier molecular flexibility index (Phi) is 3.09. The average Bonchev–Trinajstić information content (AvgIpc) is 1.60. The first-order chi connectivity index (χ1) is 4.33. The number of amides is 1. The van der Waals surface area contributed by atoms with Crippen LogP contribution in [0.15, 0.2) is 0 Å². The topological polar surface area (TPSA) is 20.3 Å². The van der Waals surface area contributed by atoms with Gasteiger partial charge >= 0.3 is 0 Å². The normalized spacial score (nSPS) is 11.3. The second-order valence-corrected chi connectivity index (χ2v) is 9.50. The highest BCUT2D eigenvalue weighted by Gasteiger charge is 2.18. The molecule has 2 nitrogen and oxygen atoms in total. The van der Waals surface area contributed by atoms with Crippen molar-refractivity contribution in [2.24, 2.45) is 0 Å². The van der Waals surface area contributed by atoms with Gasteiger partial charge in [-0.15, -0.1) is 0 Å². The van der Waals surface area contributed by atoms with Gasteiger partial charge in [0.15, 0.2) is 0 Å². The van der Waals surface area contributed by atoms with E-state index in [0.717, 1.165) is 6.04 Å². The molecule has 0 atom stereocenters. The molecule has 0 heterocycles. The number of carbonyl (C=O) groups is 1. The average molecular weight is 159 g/mol. The van der Waals surface area contributed by atoms with Gasteiger partial charge in [-0.3, -0.25) is 4.79 Å². The maximum atomic E-state index is 11.1. The number of hydrogen-bond donors (Lipinski definition) is 0. The lowest BCUT2D eigenvalue weighted by molar-refractivity contribution is -0.126. The smallest absolute Gasteiger partial charge is 0.219 e. The van der Waals surface area contributed by atoms with Crippen LogP contribution in [-0.2, 0) is 4.79 Å². The monoisotopic (exact) mass is 159 g/mol. The fraction of sp³-hybridized carbons (Fsp3) is 0.857. The molecular formula is C7H17NOSi. The number of hydrogen-bond acceptors (Lipinski definition) is 1. The van der Waals surface area contributed by atoms with E-state index in [2.05, 4.69) is 19.6 Å². The summed E-state index contributed by atoms with van der Waals surface area (Å²) >= 11 is 0. The number of nitrogens with zero attached hydrogens (tertiary/aromatic N) is 1. The zero-order chi connectivity index (χ0) is 8.36. The molecule has 0 rings (SSSR count). The van der Waals surface area contributed by atoms with Gasteiger partial charge in [0.1, 0.15) is 0 Å². The molecule has 0 radical (unpaired) electrons. The Labute approximate surface area is 64.2 Å². The minimum Gasteiger partial charge on any atom is -0.349 e. The fourth-order valence-electron chi connectivity index (χ4n) is 0.612. The lowest BCUT2D eigenvalue weighted by Gasteiger charge is -2.18. The summed E-state index contributed by atoms with van der Waals surface area (Å²) in [6.45, 7) is 6.61. The molecule has 0 saturated carbocycles. The van der Waals surface area contributed by atoms with Gasteiger partial charge in [-0.25, -0.2) is 0 Å². The van der Waals surface area contributed by atoms with Crippen LogP contribution in [0.5, 0.6) is 0 Å². The Bertz CT molecular complexity index is 126. The predicted octanol–water partition coefficient (Wildman–Crippen LogP) is 1.41. The maximum absolute atomic E-state index is 11.1. The van der Waals surface area contributed by atoms with Crippen molar-refractivity contribution in [3.05, 3.63) is 0 Å². The molecule has 3 heteroatoms. The van der Waals surface area contributed by atoms with E-state index in [4.69, 9.17) is 0 Å². The van der Waals surface area contributed by atoms with Gasteiger partial charge in [-0.1, -0.05) is 19.6 Å². The fourth-order valence-corrected chi connectivity index (χ4v) is 1.84. The van der Waals surface area contributed by atoms with Gasteiger partial charge in [-0.05, 0) is 0 Å². The number of carbonyl (C=O) groups excluding carboxylic acids is 1. The molecule has 0 aliphatic rings. The summed E-state index contributed by atoms with van der Waals surface area (Å²) in [6.07, 6.45) is 0. The molecule has 0 N–H and O–H groups in total. The maximum Gasteiger partial charge on any atom is 0.219 e. The first-order valence-corrected chi connectivity index (χ1v) is 7.24. The van der Waals surface area contributed by atoms with Crippen molar-refractivity contribution < 1.29 is 4.79 Å². The van der Waals surface area contributed by atoms with Gasteiger partial charge in [0, 0.05) is 20.1 Å². The molecule has 0 aromatic rings. The lowest BCUT2D eigenvalue weighted by Crippen LogP contribution is -2.31. The van der Waals surface area contributed by atoms with Gasteiger partial charge in [0.05, 0.1) is 8.07 Å². The third-order valence-electron chi connectivity index (χ3n) is 1.18. The summed E-state index contributed by atoms with van der Waals surface area (Å²) in [6, 6.07) is 0.764. The minimum atomic E-state index is -1.17. The Morgan fingerprint density at radius 2 is 1.70 bits per heavy atom. The van der Waals surface area contributed by atoms with E-state index >= 15 is 0 Å². The van der Waals surface area contributed by atoms with Crippen molar-refractivity contribution in [2.75, 3.05) is 14.1 Å². The minimum absolute atomic E-state index is 0.263. The van der Waals surface area contributed by atoms with E-state index in [0.29, 0.717) is 0 Å². The predicted molar refractivity (Wildman–Crippen MR) is 46.8 cm³/mol. The van der Waals surface area contributed by atoms with Crippen LogP contribution >= 0.6 is 0 Å². The first kappa shape index (κ1) is 9.69. The van der Waals surface area contributed by atoms with Crippen molar-refractivity contribution in [3.8, 4) is 0 Å². The van der Waals surface area contributed by atoms with Crippen LogP contribution in [0, 0.1) is 0 Å². The zero-order valence-corrected chi connectivity index (χ0v) is 8.56. The SMILES string of the molecule is CN(C)C(=O)C[Si](C)(C)C. The molecule has 0 fully saturated rings. The van der Waals surface area contributed by atoms with Gasteiger partial charge in [-0.2, -0.15) is 0 Å². The molecule has 60 valence electrons. The molecule has 0 bridgehead atoms. The van der Waals surface area contributed by atoms with E-state index < -0.39 is 8.07 Å². The third-order valence-corrected chi connectivity index (χ3v) is 2.54. The summed E-state index contributed by atoms with van der Waals surface area (Å²) < 4.78 is 0. The van der Waals surface area contributed by atoms with Crippen LogP contribution in [0.2, 0.25) is 25.7 Å². The molecule has 0 unspecified atom stereocenters. The summed E-state index contributed by atoms with van der Waals surface area (Å²) in [4.78, 5) is 12.8. The van der Waals surface area contributed by atoms with Crippen molar-refractivity contribution in [2.45, 2.75) is 25.7 Å². The molecule has 0 aromatic carbocycles. The van der Waals surface area contributed by atoms with Crippen molar-refractivity contribution >= 4 is 14.0 Å². The third kappa shape index (κ3) is 4.55. The largest absolute Gasteiger partial charge is 0.349 e. The quantitative estimate of drug-likeness (QED) is 0.558. The van der Waals surface area contributed by atoms with E-state index in [9.17, 15) is 4.79 Å². The van der Waals surface area contributed by atoms with Crippen LogP contribution in [-0.4, -0.2) is 33.0 Å². The van der Waals surface area contributed by atoms with Crippen LogP contribution in [0.4, 0.5) is 0 Å². The van der Waals surface area contributed by atoms with E-state index in [1.807, 2.05) is 14.1 Å². The Balaban J connectivity index is 3.81. The van der Waals surface area contributed by atoms with E-state index in [-0.39, 0.29) is 5.91 Å². The van der Waals surface area contributed by atoms with Gasteiger partial charge < -0.3 is 4.90 Å². The Hall–Kier alpha value is -0.313. The van der Waals surface area contributed by atoms with Crippen LogP contribution in [0.3, 0.4) is 0 Å². The van der Waals surface area contributed by atoms with Crippen LogP contribution < -0.4 is 0 Å². The standard InChI is InChI=1S/C7H17NOSi/c1-8(2)7(9)6-10(3,4)5/h6H2,1-5H3. The first-order valence-electron chi connectivity index (χ1n) is 3.53. The molecule has 10 heavy (non-hydrogen) atoms. The van der Waals surface area contributed by atoms with E-state index in [1.165, 1.54) is 0 Å². The van der Waals surface area contributed by atoms with Crippen molar-refractivity contribution in [1.29, 1.82) is 0 Å². The summed E-state index contributed by atoms with van der Waals surface area (Å²) in [5, 5.41) is 0. The molecule has 0 spiro atoms. The highest BCUT2D eigenvalue weighted by atomic mass is 28.3. The lowest BCUT2D eigenvalue weighted by atomic mass is 10.6. The van der Waals surface area contributed by atoms with Crippen LogP contribution in [0.25, 0.3) is 0 Å². The molecule has 0 aromatic heterocycles. The molecule has 0 saturated heterocycles. The molecular weight excluding hydrogens is 142 g/mol. The van der Waals surface area contributed by atoms with Crippen molar-refractivity contribution in [3.63, 3.8) is 0 Å². The highest BCUT2D eigenvalue weighted by Crippen LogP contribution is 2.08. The Morgan fingerprint density at radius 3 is 1.80 bits per heavy atom. The summed E-state index contributed by atoms with van der Waals surface area (Å²) in [5.41, 5.74) is 0. The van der Waals surface area contributed by atoms with E-state index in [1.54, 1.807) is 4.90 Å². The second-order valence-electron chi connectivity index (χ2n) is 4.03. The Morgan fingerprint density at radius 1 is 1.30 bits per heavy atom. The second kappa shape index (κ2) is 3.19. The van der Waals surface area contributed by atoms with Gasteiger partial charge in [0.2, 0.25) is 5.91 Å². The number of rotatable bonds is 2. The molecule has 1 amide bonds. The molecule has 0 aliphatic heterocycles. The van der Waals surface area contributed by atoms with Gasteiger partial charge in [0.25, 0.3) is 0 Å². The molecule has 0 aliphatic carbocycles.